The topological polar surface area (TPSA) is 93.6 Å². The lowest BCUT2D eigenvalue weighted by atomic mass is 9.93. The average molecular weight is 298 g/mol. The molecule has 1 amide bonds. The summed E-state index contributed by atoms with van der Waals surface area (Å²) in [5.74, 6) is -1.27. The van der Waals surface area contributed by atoms with Gasteiger partial charge in [0.25, 0.3) is 15.9 Å². The quantitative estimate of drug-likeness (QED) is 0.751. The molecule has 0 unspecified atom stereocenters. The van der Waals surface area contributed by atoms with Crippen molar-refractivity contribution >= 4 is 21.9 Å². The first kappa shape index (κ1) is 14.4. The summed E-state index contributed by atoms with van der Waals surface area (Å²) in [6, 6.07) is 2.88. The molecule has 108 valence electrons. The smallest absolute Gasteiger partial charge is 0.313 e. The number of hydrogen-bond acceptors (Lipinski definition) is 6. The second kappa shape index (κ2) is 4.55. The fourth-order valence-corrected chi connectivity index (χ4v) is 3.61. The van der Waals surface area contributed by atoms with E-state index in [4.69, 9.17) is 0 Å². The van der Waals surface area contributed by atoms with Crippen molar-refractivity contribution < 1.29 is 22.7 Å². The number of carbonyl (C=O) groups is 2. The number of fused-ring (bicyclic) bond motifs is 1. The number of esters is 1. The Hall–Kier alpha value is -1.96. The van der Waals surface area contributed by atoms with E-state index in [0.717, 1.165) is 0 Å². The second-order valence-electron chi connectivity index (χ2n) is 5.05. The van der Waals surface area contributed by atoms with Crippen molar-refractivity contribution in [2.75, 3.05) is 13.7 Å². The number of rotatable bonds is 3. The van der Waals surface area contributed by atoms with Gasteiger partial charge in [-0.1, -0.05) is 0 Å². The summed E-state index contributed by atoms with van der Waals surface area (Å²) in [6.45, 7) is 2.73. The van der Waals surface area contributed by atoms with Gasteiger partial charge in [0.1, 0.15) is 0 Å². The molecule has 20 heavy (non-hydrogen) atoms. The Bertz CT molecular complexity index is 681. The molecule has 7 nitrogen and oxygen atoms in total. The maximum atomic E-state index is 12.3. The lowest BCUT2D eigenvalue weighted by molar-refractivity contribution is -0.150. The molecule has 0 atom stereocenters. The van der Waals surface area contributed by atoms with Gasteiger partial charge in [-0.05, 0) is 26.0 Å². The Balaban J connectivity index is 2.42. The SMILES string of the molecule is COC(=O)C(C)(C)CN1C(=O)c2cccnc2S1(=O)=O. The molecule has 0 aromatic carbocycles. The molecule has 2 heterocycles. The molecule has 1 aliphatic rings. The zero-order valence-electron chi connectivity index (χ0n) is 11.3. The molecule has 0 saturated heterocycles. The lowest BCUT2D eigenvalue weighted by Gasteiger charge is -2.26. The predicted molar refractivity (Wildman–Crippen MR) is 68.3 cm³/mol. The Morgan fingerprint density at radius 2 is 2.10 bits per heavy atom. The third-order valence-corrected chi connectivity index (χ3v) is 4.73. The number of pyridine rings is 1. The van der Waals surface area contributed by atoms with Crippen LogP contribution in [0.5, 0.6) is 0 Å². The molecule has 0 bridgehead atoms. The minimum absolute atomic E-state index is 0.0214. The Morgan fingerprint density at radius 1 is 1.45 bits per heavy atom. The van der Waals surface area contributed by atoms with Crippen LogP contribution >= 0.6 is 0 Å². The van der Waals surface area contributed by atoms with Crippen molar-refractivity contribution in [1.82, 2.24) is 9.29 Å². The van der Waals surface area contributed by atoms with E-state index in [1.807, 2.05) is 0 Å². The summed E-state index contributed by atoms with van der Waals surface area (Å²) in [5, 5.41) is -0.273. The van der Waals surface area contributed by atoms with E-state index in [1.165, 1.54) is 39.3 Å². The monoisotopic (exact) mass is 298 g/mol. The molecule has 8 heteroatoms. The van der Waals surface area contributed by atoms with E-state index >= 15 is 0 Å². The summed E-state index contributed by atoms with van der Waals surface area (Å²) in [7, 11) is -2.80. The second-order valence-corrected chi connectivity index (χ2v) is 6.83. The zero-order valence-corrected chi connectivity index (χ0v) is 12.1. The van der Waals surface area contributed by atoms with Crippen molar-refractivity contribution in [3.63, 3.8) is 0 Å². The van der Waals surface area contributed by atoms with Gasteiger partial charge in [-0.25, -0.2) is 9.29 Å². The van der Waals surface area contributed by atoms with Crippen LogP contribution in [0.4, 0.5) is 0 Å². The van der Waals surface area contributed by atoms with E-state index in [0.29, 0.717) is 4.31 Å². The van der Waals surface area contributed by atoms with Crippen molar-refractivity contribution in [3.05, 3.63) is 23.9 Å². The van der Waals surface area contributed by atoms with Crippen LogP contribution in [0.15, 0.2) is 23.4 Å². The predicted octanol–water partition coefficient (Wildman–Crippen LogP) is 0.425. The minimum atomic E-state index is -4.01. The molecule has 0 saturated carbocycles. The Labute approximate surface area is 116 Å². The molecule has 0 radical (unpaired) electrons. The van der Waals surface area contributed by atoms with E-state index < -0.39 is 27.3 Å². The van der Waals surface area contributed by atoms with Gasteiger partial charge in [0.05, 0.1) is 24.6 Å². The van der Waals surface area contributed by atoms with Gasteiger partial charge < -0.3 is 4.74 Å². The number of carbonyl (C=O) groups excluding carboxylic acids is 2. The molecule has 0 aliphatic carbocycles. The van der Waals surface area contributed by atoms with E-state index in [-0.39, 0.29) is 17.1 Å². The van der Waals surface area contributed by atoms with Crippen molar-refractivity contribution in [2.24, 2.45) is 5.41 Å². The first-order chi connectivity index (χ1) is 9.21. The Kier molecular flexibility index (Phi) is 3.29. The van der Waals surface area contributed by atoms with Crippen LogP contribution < -0.4 is 0 Å². The molecular formula is C12H14N2O5S. The first-order valence-electron chi connectivity index (χ1n) is 5.82. The molecule has 1 aromatic rings. The molecule has 0 N–H and O–H groups in total. The van der Waals surface area contributed by atoms with Crippen LogP contribution in [-0.4, -0.2) is 43.2 Å². The highest BCUT2D eigenvalue weighted by Gasteiger charge is 2.46. The van der Waals surface area contributed by atoms with Crippen molar-refractivity contribution in [1.29, 1.82) is 0 Å². The number of sulfonamides is 1. The van der Waals surface area contributed by atoms with Crippen LogP contribution in [0.3, 0.4) is 0 Å². The van der Waals surface area contributed by atoms with Crippen LogP contribution in [0.2, 0.25) is 0 Å². The minimum Gasteiger partial charge on any atom is -0.469 e. The van der Waals surface area contributed by atoms with E-state index in [1.54, 1.807) is 0 Å². The molecule has 0 fully saturated rings. The fraction of sp³-hybridized carbons (Fsp3) is 0.417. The largest absolute Gasteiger partial charge is 0.469 e. The van der Waals surface area contributed by atoms with Gasteiger partial charge >= 0.3 is 5.97 Å². The number of amides is 1. The number of ether oxygens (including phenoxy) is 1. The van der Waals surface area contributed by atoms with Crippen LogP contribution in [0.25, 0.3) is 0 Å². The van der Waals surface area contributed by atoms with Gasteiger partial charge in [0.2, 0.25) is 0 Å². The number of aromatic nitrogens is 1. The average Bonchev–Trinajstić information content (AvgIpc) is 2.59. The van der Waals surface area contributed by atoms with E-state index in [2.05, 4.69) is 9.72 Å². The van der Waals surface area contributed by atoms with Gasteiger partial charge in [0, 0.05) is 6.20 Å². The summed E-state index contributed by atoms with van der Waals surface area (Å²) >= 11 is 0. The van der Waals surface area contributed by atoms with Gasteiger partial charge in [-0.15, -0.1) is 0 Å². The summed E-state index contributed by atoms with van der Waals surface area (Å²) < 4.78 is 29.8. The number of hydrogen-bond donors (Lipinski definition) is 0. The molecule has 2 rings (SSSR count). The third kappa shape index (κ3) is 2.05. The zero-order chi connectivity index (χ0) is 15.1. The lowest BCUT2D eigenvalue weighted by Crippen LogP contribution is -2.42. The van der Waals surface area contributed by atoms with Gasteiger partial charge in [-0.3, -0.25) is 9.59 Å². The molecule has 1 aromatic heterocycles. The van der Waals surface area contributed by atoms with Crippen LogP contribution in [0.1, 0.15) is 24.2 Å². The first-order valence-corrected chi connectivity index (χ1v) is 7.26. The molecule has 0 spiro atoms. The standard InChI is InChI=1S/C12H14N2O5S/c1-12(2,11(16)19-3)7-14-10(15)8-5-4-6-13-9(8)20(14,17)18/h4-6H,7H2,1-3H3. The number of nitrogens with zero attached hydrogens (tertiary/aromatic N) is 2. The molecule has 1 aliphatic heterocycles. The third-order valence-electron chi connectivity index (χ3n) is 3.04. The van der Waals surface area contributed by atoms with Gasteiger partial charge in [0.15, 0.2) is 5.03 Å². The fourth-order valence-electron chi connectivity index (χ4n) is 1.96. The maximum Gasteiger partial charge on any atom is 0.313 e. The van der Waals surface area contributed by atoms with Crippen LogP contribution in [-0.2, 0) is 19.6 Å². The van der Waals surface area contributed by atoms with E-state index in [9.17, 15) is 18.0 Å². The normalized spacial score (nSPS) is 16.9. The summed E-state index contributed by atoms with van der Waals surface area (Å²) in [4.78, 5) is 27.5. The highest BCUT2D eigenvalue weighted by molar-refractivity contribution is 7.90. The highest BCUT2D eigenvalue weighted by Crippen LogP contribution is 2.31. The summed E-state index contributed by atoms with van der Waals surface area (Å²) in [5.41, 5.74) is -1.12. The highest BCUT2D eigenvalue weighted by atomic mass is 32.2. The van der Waals surface area contributed by atoms with Crippen molar-refractivity contribution in [2.45, 2.75) is 18.9 Å². The Morgan fingerprint density at radius 3 is 2.65 bits per heavy atom. The van der Waals surface area contributed by atoms with Crippen LogP contribution in [0, 0.1) is 5.41 Å². The maximum absolute atomic E-state index is 12.3. The number of methoxy groups -OCH3 is 1. The molecular weight excluding hydrogens is 284 g/mol. The summed E-state index contributed by atoms with van der Waals surface area (Å²) in [6.07, 6.45) is 1.30. The van der Waals surface area contributed by atoms with Crippen molar-refractivity contribution in [3.8, 4) is 0 Å². The van der Waals surface area contributed by atoms with Gasteiger partial charge in [-0.2, -0.15) is 8.42 Å².